The average Bonchev–Trinajstić information content (AvgIpc) is 3.46. The third kappa shape index (κ3) is 5.88. The van der Waals surface area contributed by atoms with E-state index in [0.717, 1.165) is 51.9 Å². The number of carbonyl (C=O) groups is 1. The molecule has 4 aromatic rings. The molecule has 1 fully saturated rings. The van der Waals surface area contributed by atoms with Crippen LogP contribution in [0.1, 0.15) is 37.6 Å². The van der Waals surface area contributed by atoms with Gasteiger partial charge in [-0.2, -0.15) is 5.10 Å². The lowest BCUT2D eigenvalue weighted by Gasteiger charge is -2.35. The Hall–Kier alpha value is -4.75. The maximum atomic E-state index is 13.5. The summed E-state index contributed by atoms with van der Waals surface area (Å²) in [6.45, 7) is 11.1. The number of ether oxygens (including phenoxy) is 1. The van der Waals surface area contributed by atoms with E-state index in [-0.39, 0.29) is 17.5 Å². The van der Waals surface area contributed by atoms with Crippen LogP contribution in [0.15, 0.2) is 90.5 Å². The molecule has 2 heterocycles. The van der Waals surface area contributed by atoms with Gasteiger partial charge in [-0.3, -0.25) is 10.2 Å². The summed E-state index contributed by atoms with van der Waals surface area (Å²) in [4.78, 5) is 28.1. The Morgan fingerprint density at radius 3 is 2.41 bits per heavy atom. The molecule has 224 valence electrons. The lowest BCUT2D eigenvalue weighted by atomic mass is 9.86. The first-order valence-electron chi connectivity index (χ1n) is 15.0. The molecule has 1 unspecified atom stereocenters. The van der Waals surface area contributed by atoms with Crippen molar-refractivity contribution in [3.63, 3.8) is 0 Å². The van der Waals surface area contributed by atoms with Crippen molar-refractivity contribution in [3.05, 3.63) is 107 Å². The third-order valence-electron chi connectivity index (χ3n) is 8.15. The van der Waals surface area contributed by atoms with Gasteiger partial charge in [-0.1, -0.05) is 87.0 Å². The molecule has 0 bridgehead atoms. The van der Waals surface area contributed by atoms with Gasteiger partial charge in [0, 0.05) is 30.0 Å². The van der Waals surface area contributed by atoms with Crippen molar-refractivity contribution in [2.24, 2.45) is 0 Å². The molecular weight excluding hydrogens is 550 g/mol. The van der Waals surface area contributed by atoms with E-state index in [2.05, 4.69) is 42.2 Å². The number of amides is 2. The summed E-state index contributed by atoms with van der Waals surface area (Å²) in [7, 11) is 0. The molecule has 1 aliphatic heterocycles. The maximum absolute atomic E-state index is 13.5. The van der Waals surface area contributed by atoms with Crippen LogP contribution < -0.4 is 10.6 Å². The number of nitrogens with zero attached hydrogens (tertiary/aromatic N) is 3. The summed E-state index contributed by atoms with van der Waals surface area (Å²) < 4.78 is 7.29. The van der Waals surface area contributed by atoms with Gasteiger partial charge < -0.3 is 10.1 Å². The molecule has 44 heavy (non-hydrogen) atoms. The van der Waals surface area contributed by atoms with Crippen LogP contribution in [0.2, 0.25) is 0 Å². The molecule has 0 saturated carbocycles. The predicted octanol–water partition coefficient (Wildman–Crippen LogP) is 6.69. The molecule has 6 rings (SSSR count). The average molecular weight is 588 g/mol. The van der Waals surface area contributed by atoms with E-state index >= 15 is 0 Å². The largest absolute Gasteiger partial charge is 0.379 e. The molecule has 0 spiro atoms. The number of benzene rings is 3. The van der Waals surface area contributed by atoms with E-state index < -0.39 is 0 Å². The van der Waals surface area contributed by atoms with Crippen molar-refractivity contribution in [1.82, 2.24) is 14.7 Å². The van der Waals surface area contributed by atoms with Gasteiger partial charge >= 0.3 is 6.03 Å². The maximum Gasteiger partial charge on any atom is 0.324 e. The first kappa shape index (κ1) is 29.3. The van der Waals surface area contributed by atoms with Crippen LogP contribution >= 0.6 is 0 Å². The Labute approximate surface area is 257 Å². The molecular formula is C36H37N5O3. The van der Waals surface area contributed by atoms with Gasteiger partial charge in [-0.25, -0.2) is 14.3 Å². The van der Waals surface area contributed by atoms with Crippen molar-refractivity contribution in [1.29, 1.82) is 0 Å². The molecule has 1 aliphatic carbocycles. The number of hydrogen-bond acceptors (Lipinski definition) is 5. The number of rotatable bonds is 5. The Bertz CT molecular complexity index is 1810. The highest BCUT2D eigenvalue weighted by Crippen LogP contribution is 2.37. The number of hydrogen-bond donors (Lipinski definition) is 2. The second-order valence-electron chi connectivity index (χ2n) is 12.3. The topological polar surface area (TPSA) is 88.5 Å². The fourth-order valence-corrected chi connectivity index (χ4v) is 5.74. The molecule has 8 nitrogen and oxygen atoms in total. The van der Waals surface area contributed by atoms with E-state index in [4.69, 9.17) is 9.84 Å². The Morgan fingerprint density at radius 2 is 1.70 bits per heavy atom. The number of aryl methyl sites for hydroxylation is 1. The summed E-state index contributed by atoms with van der Waals surface area (Å²) in [5, 5.41) is 12.7. The Morgan fingerprint density at radius 1 is 0.977 bits per heavy atom. The monoisotopic (exact) mass is 587 g/mol. The van der Waals surface area contributed by atoms with Crippen molar-refractivity contribution < 1.29 is 14.3 Å². The number of urea groups is 1. The minimum Gasteiger partial charge on any atom is -0.379 e. The highest BCUT2D eigenvalue weighted by molar-refractivity contribution is 6.10. The lowest BCUT2D eigenvalue weighted by molar-refractivity contribution is 0.0320. The number of allylic oxidation sites excluding steroid dienone is 2. The number of fused-ring (bicyclic) bond motifs is 1. The van der Waals surface area contributed by atoms with Gasteiger partial charge in [0.2, 0.25) is 0 Å². The number of aromatic nitrogens is 2. The standard InChI is InChI=1S/C36H37N5O3/c1-24-12-14-25(15-13-24)41-34(22-33(39-41)36(2,3)4)38-35(43)37-31-17-16-28(26-8-5-6-9-29(26)31)27-10-7-11-32(30(27)23-42)40-18-20-44-21-19-40/h5-17,22,32H,18-21H2,1-4H3,(H2,37,38,43). The van der Waals surface area contributed by atoms with Gasteiger partial charge in [0.1, 0.15) is 11.8 Å². The smallest absolute Gasteiger partial charge is 0.324 e. The Kier molecular flexibility index (Phi) is 8.06. The molecule has 1 aromatic heterocycles. The van der Waals surface area contributed by atoms with Gasteiger partial charge in [-0.05, 0) is 41.6 Å². The molecule has 2 amide bonds. The molecule has 1 saturated heterocycles. The normalized spacial score (nSPS) is 17.3. The fraction of sp³-hybridized carbons (Fsp3) is 0.278. The fourth-order valence-electron chi connectivity index (χ4n) is 5.74. The van der Waals surface area contributed by atoms with Crippen molar-refractivity contribution in [3.8, 4) is 5.69 Å². The zero-order valence-electron chi connectivity index (χ0n) is 25.6. The van der Waals surface area contributed by atoms with Crippen molar-refractivity contribution in [2.45, 2.75) is 39.2 Å². The third-order valence-corrected chi connectivity index (χ3v) is 8.15. The summed E-state index contributed by atoms with van der Waals surface area (Å²) in [5.74, 6) is 2.82. The van der Waals surface area contributed by atoms with Crippen molar-refractivity contribution >= 4 is 39.8 Å². The SMILES string of the molecule is Cc1ccc(-n2nc(C(C)(C)C)cc2NC(=O)Nc2ccc(C3=CC=CC(N4CCOCC4)C3=C=O)c3ccccc23)cc1. The highest BCUT2D eigenvalue weighted by Gasteiger charge is 2.29. The van der Waals surface area contributed by atoms with Crippen LogP contribution in [0.5, 0.6) is 0 Å². The summed E-state index contributed by atoms with van der Waals surface area (Å²) in [6, 6.07) is 21.2. The van der Waals surface area contributed by atoms with E-state index in [9.17, 15) is 9.59 Å². The first-order valence-corrected chi connectivity index (χ1v) is 15.0. The van der Waals surface area contributed by atoms with Crippen LogP contribution in [-0.4, -0.2) is 59.0 Å². The minimum absolute atomic E-state index is 0.157. The lowest BCUT2D eigenvalue weighted by Crippen LogP contribution is -2.44. The van der Waals surface area contributed by atoms with Crippen LogP contribution in [-0.2, 0) is 14.9 Å². The Balaban J connectivity index is 1.30. The van der Waals surface area contributed by atoms with E-state index in [1.54, 1.807) is 4.68 Å². The number of nitrogens with one attached hydrogen (secondary N) is 2. The predicted molar refractivity (Wildman–Crippen MR) is 176 cm³/mol. The first-order chi connectivity index (χ1) is 21.2. The number of morpholine rings is 1. The zero-order chi connectivity index (χ0) is 30.8. The van der Waals surface area contributed by atoms with Gasteiger partial charge in [-0.15, -0.1) is 0 Å². The molecule has 0 radical (unpaired) electrons. The zero-order valence-corrected chi connectivity index (χ0v) is 25.6. The van der Waals surface area contributed by atoms with Crippen LogP contribution in [0.4, 0.5) is 16.3 Å². The van der Waals surface area contributed by atoms with Crippen LogP contribution in [0.25, 0.3) is 22.0 Å². The molecule has 3 aromatic carbocycles. The molecule has 2 aliphatic rings. The van der Waals surface area contributed by atoms with Crippen LogP contribution in [0.3, 0.4) is 0 Å². The molecule has 2 N–H and O–H groups in total. The van der Waals surface area contributed by atoms with E-state index in [1.807, 2.05) is 91.9 Å². The molecule has 1 atom stereocenters. The second-order valence-corrected chi connectivity index (χ2v) is 12.3. The number of anilines is 2. The van der Waals surface area contributed by atoms with Crippen molar-refractivity contribution in [2.75, 3.05) is 36.9 Å². The van der Waals surface area contributed by atoms with Gasteiger partial charge in [0.25, 0.3) is 0 Å². The second kappa shape index (κ2) is 12.1. The minimum atomic E-state index is -0.378. The highest BCUT2D eigenvalue weighted by atomic mass is 16.5. The van der Waals surface area contributed by atoms with Gasteiger partial charge in [0.05, 0.1) is 41.9 Å². The van der Waals surface area contributed by atoms with Gasteiger partial charge in [0.15, 0.2) is 0 Å². The molecule has 8 heteroatoms. The quantitative estimate of drug-likeness (QED) is 0.254. The summed E-state index contributed by atoms with van der Waals surface area (Å²) in [6.07, 6.45) is 6.02. The number of carbonyl (C=O) groups excluding carboxylic acids is 2. The summed E-state index contributed by atoms with van der Waals surface area (Å²) >= 11 is 0. The van der Waals surface area contributed by atoms with E-state index in [1.165, 1.54) is 0 Å². The summed E-state index contributed by atoms with van der Waals surface area (Å²) in [5.41, 5.74) is 5.69. The van der Waals surface area contributed by atoms with Crippen LogP contribution in [0, 0.1) is 6.92 Å². The van der Waals surface area contributed by atoms with E-state index in [0.29, 0.717) is 30.3 Å².